The van der Waals surface area contributed by atoms with E-state index < -0.39 is 47.9 Å². The number of β-lactam (4-membered cyclic amide) rings is 1. The maximum Gasteiger partial charge on any atom is 0.307 e. The minimum Gasteiger partial charge on any atom is -0.543 e. The second kappa shape index (κ2) is 10.3. The van der Waals surface area contributed by atoms with Crippen LogP contribution in [0.25, 0.3) is 5.65 Å². The number of carbonyl (C=O) groups excluding carboxylic acids is 3. The Morgan fingerprint density at radius 3 is 2.95 bits per heavy atom. The topological polar surface area (TPSA) is 184 Å². The van der Waals surface area contributed by atoms with Gasteiger partial charge in [-0.15, -0.1) is 16.3 Å². The van der Waals surface area contributed by atoms with Crippen LogP contribution in [0.4, 0.5) is 13.9 Å². The van der Waals surface area contributed by atoms with E-state index in [1.54, 1.807) is 39.8 Å². The number of imidazole rings is 1. The minimum absolute atomic E-state index is 0.0102. The molecule has 3 N–H and O–H groups in total. The molecular weight excluding hydrogens is 548 g/mol. The summed E-state index contributed by atoms with van der Waals surface area (Å²) in [5.74, 6) is -3.25. The second-order valence-corrected chi connectivity index (χ2v) is 9.82. The van der Waals surface area contributed by atoms with Crippen LogP contribution in [-0.2, 0) is 25.8 Å². The number of nitrogens with two attached hydrogens (primary N) is 1. The van der Waals surface area contributed by atoms with Crippen LogP contribution in [0.5, 0.6) is 0 Å². The summed E-state index contributed by atoms with van der Waals surface area (Å²) in [6.45, 7) is -0.917. The zero-order valence-corrected chi connectivity index (χ0v) is 20.7. The van der Waals surface area contributed by atoms with Gasteiger partial charge in [-0.2, -0.15) is 9.36 Å². The highest BCUT2D eigenvalue weighted by Gasteiger charge is 2.53. The third kappa shape index (κ3) is 4.74. The number of hydrogen-bond donors (Lipinski definition) is 2. The van der Waals surface area contributed by atoms with Crippen LogP contribution in [0, 0.1) is 0 Å². The lowest BCUT2D eigenvalue weighted by Gasteiger charge is -2.50. The predicted molar refractivity (Wildman–Crippen MR) is 125 cm³/mol. The van der Waals surface area contributed by atoms with Gasteiger partial charge in [-0.25, -0.2) is 13.3 Å². The molecule has 0 bridgehead atoms. The van der Waals surface area contributed by atoms with Crippen molar-refractivity contribution >= 4 is 57.6 Å². The van der Waals surface area contributed by atoms with E-state index in [9.17, 15) is 28.3 Å². The molecule has 1 fully saturated rings. The molecule has 14 nitrogen and oxygen atoms in total. The smallest absolute Gasteiger partial charge is 0.307 e. The first-order chi connectivity index (χ1) is 18.2. The van der Waals surface area contributed by atoms with E-state index in [0.29, 0.717) is 11.2 Å². The fourth-order valence-electron chi connectivity index (χ4n) is 3.95. The molecule has 18 heteroatoms. The molecule has 0 unspecified atom stereocenters. The number of rotatable bonds is 9. The molecule has 0 saturated carbocycles. The molecule has 38 heavy (non-hydrogen) atoms. The number of oxime groups is 1. The van der Waals surface area contributed by atoms with Crippen molar-refractivity contribution in [1.29, 1.82) is 0 Å². The zero-order chi connectivity index (χ0) is 27.0. The van der Waals surface area contributed by atoms with Gasteiger partial charge in [0.1, 0.15) is 24.2 Å². The highest BCUT2D eigenvalue weighted by molar-refractivity contribution is 8.00. The molecular formula is C20H17F2N9O5S2. The van der Waals surface area contributed by atoms with Crippen molar-refractivity contribution in [2.75, 3.05) is 18.1 Å². The molecule has 0 radical (unpaired) electrons. The van der Waals surface area contributed by atoms with Gasteiger partial charge in [-0.05, 0) is 6.07 Å². The Kier molecular flexibility index (Phi) is 6.89. The number of nitrogens with zero attached hydrogens (tertiary/aromatic N) is 7. The van der Waals surface area contributed by atoms with E-state index >= 15 is 0 Å². The predicted octanol–water partition coefficient (Wildman–Crippen LogP) is -1.85. The Balaban J connectivity index is 1.35. The summed E-state index contributed by atoms with van der Waals surface area (Å²) in [5, 5.41) is 21.3. The Morgan fingerprint density at radius 2 is 2.24 bits per heavy atom. The number of carboxylic acid groups (broad SMARTS) is 1. The molecule has 0 aromatic carbocycles. The largest absolute Gasteiger partial charge is 0.543 e. The summed E-state index contributed by atoms with van der Waals surface area (Å²) >= 11 is 1.98. The second-order valence-electron chi connectivity index (χ2n) is 7.94. The molecule has 0 spiro atoms. The summed E-state index contributed by atoms with van der Waals surface area (Å²) in [4.78, 5) is 47.4. The molecule has 5 rings (SSSR count). The first kappa shape index (κ1) is 25.5. The fourth-order valence-corrected chi connectivity index (χ4v) is 5.72. The molecule has 2 atom stereocenters. The first-order valence-corrected chi connectivity index (χ1v) is 12.6. The van der Waals surface area contributed by atoms with Gasteiger partial charge < -0.3 is 25.8 Å². The van der Waals surface area contributed by atoms with Crippen molar-refractivity contribution in [2.24, 2.45) is 5.16 Å². The number of hydrogen-bond acceptors (Lipinski definition) is 12. The molecule has 0 aliphatic carbocycles. The summed E-state index contributed by atoms with van der Waals surface area (Å²) in [5.41, 5.74) is 5.85. The van der Waals surface area contributed by atoms with Gasteiger partial charge in [0, 0.05) is 28.9 Å². The number of fused-ring (bicyclic) bond motifs is 2. The number of aliphatic carboxylic acids is 1. The quantitative estimate of drug-likeness (QED) is 0.129. The lowest BCUT2D eigenvalue weighted by molar-refractivity contribution is -0.662. The number of carboxylic acids is 1. The number of aromatic nitrogens is 5. The average molecular weight is 566 g/mol. The number of thioether (sulfide) groups is 1. The lowest BCUT2D eigenvalue weighted by Crippen LogP contribution is -2.71. The van der Waals surface area contributed by atoms with Gasteiger partial charge in [0.15, 0.2) is 17.9 Å². The van der Waals surface area contributed by atoms with Crippen LogP contribution in [0.15, 0.2) is 47.1 Å². The molecule has 2 aliphatic rings. The normalized spacial score (nSPS) is 19.5. The van der Waals surface area contributed by atoms with Gasteiger partial charge in [-0.1, -0.05) is 10.3 Å². The monoisotopic (exact) mass is 565 g/mol. The minimum atomic E-state index is -2.85. The molecule has 5 heterocycles. The van der Waals surface area contributed by atoms with Crippen molar-refractivity contribution in [2.45, 2.75) is 24.4 Å². The average Bonchev–Trinajstić information content (AvgIpc) is 3.50. The molecule has 3 aromatic rings. The van der Waals surface area contributed by atoms with Gasteiger partial charge in [-0.3, -0.25) is 14.5 Å². The summed E-state index contributed by atoms with van der Waals surface area (Å²) in [6, 6.07) is 2.41. The van der Waals surface area contributed by atoms with Gasteiger partial charge in [0.05, 0.1) is 17.9 Å². The van der Waals surface area contributed by atoms with Crippen molar-refractivity contribution in [3.63, 3.8) is 0 Å². The fraction of sp³-hybridized carbons (Fsp3) is 0.300. The number of anilines is 1. The van der Waals surface area contributed by atoms with E-state index in [2.05, 4.69) is 29.8 Å². The molecule has 2 aliphatic heterocycles. The van der Waals surface area contributed by atoms with Crippen LogP contribution < -0.4 is 20.7 Å². The van der Waals surface area contributed by atoms with Gasteiger partial charge >= 0.3 is 5.65 Å². The molecule has 1 saturated heterocycles. The zero-order valence-electron chi connectivity index (χ0n) is 19.1. The van der Waals surface area contributed by atoms with Gasteiger partial charge in [0.2, 0.25) is 11.5 Å². The van der Waals surface area contributed by atoms with E-state index in [-0.39, 0.29) is 29.0 Å². The van der Waals surface area contributed by atoms with Crippen molar-refractivity contribution in [1.82, 2.24) is 29.2 Å². The number of halogens is 2. The van der Waals surface area contributed by atoms with E-state index in [1.807, 2.05) is 0 Å². The van der Waals surface area contributed by atoms with Crippen molar-refractivity contribution in [3.05, 3.63) is 47.8 Å². The van der Waals surface area contributed by atoms with E-state index in [4.69, 9.17) is 5.73 Å². The maximum absolute atomic E-state index is 13.0. The Hall–Kier alpha value is -4.19. The number of amides is 2. The standard InChI is InChI=1S/C20H17F2N9O5S2/c21-10(22)7-36-27-12(15-26-20(23)38-28-15)16(32)25-13-17(33)31-14(19(34)35)9(8-37-18(13)31)6-29-4-5-30-11(29)2-1-3-24-30/h1-5,10,13,18H,6-8H2,(H3-,23,25,26,28,32,34,35)/b27-12-/t13-,18-/m1/s1. The Bertz CT molecular complexity index is 1490. The van der Waals surface area contributed by atoms with Crippen LogP contribution >= 0.6 is 23.3 Å². The SMILES string of the molecule is Nc1nc(/C(=N/OCC(F)F)C(=O)N[C@@H]2C(=O)N3C(C(=O)[O-])=C(C[n+]4ccn5ncccc54)CS[C@H]23)ns1. The maximum atomic E-state index is 13.0. The van der Waals surface area contributed by atoms with Crippen molar-refractivity contribution < 1.29 is 37.7 Å². The number of carbonyl (C=O) groups is 3. The molecule has 2 amide bonds. The summed E-state index contributed by atoms with van der Waals surface area (Å²) in [6.07, 6.45) is 2.21. The number of alkyl halides is 2. The number of nitrogens with one attached hydrogen (secondary N) is 1. The summed E-state index contributed by atoms with van der Waals surface area (Å²) < 4.78 is 32.2. The van der Waals surface area contributed by atoms with Crippen molar-refractivity contribution in [3.8, 4) is 0 Å². The third-order valence-electron chi connectivity index (χ3n) is 5.55. The molecule has 198 valence electrons. The highest BCUT2D eigenvalue weighted by atomic mass is 32.2. The van der Waals surface area contributed by atoms with Crippen LogP contribution in [0.1, 0.15) is 5.82 Å². The molecule has 3 aromatic heterocycles. The number of nitrogen functional groups attached to an aromatic ring is 1. The first-order valence-electron chi connectivity index (χ1n) is 10.8. The lowest BCUT2D eigenvalue weighted by atomic mass is 10.0. The van der Waals surface area contributed by atoms with Crippen LogP contribution in [-0.4, -0.2) is 77.6 Å². The Morgan fingerprint density at radius 1 is 1.42 bits per heavy atom. The Labute approximate surface area is 219 Å². The van der Waals surface area contributed by atoms with Crippen LogP contribution in [0.2, 0.25) is 0 Å². The third-order valence-corrected chi connectivity index (χ3v) is 7.43. The van der Waals surface area contributed by atoms with Crippen LogP contribution in [0.3, 0.4) is 0 Å². The summed E-state index contributed by atoms with van der Waals surface area (Å²) in [7, 11) is 0. The highest BCUT2D eigenvalue weighted by Crippen LogP contribution is 2.40. The van der Waals surface area contributed by atoms with E-state index in [1.165, 1.54) is 11.8 Å². The van der Waals surface area contributed by atoms with E-state index in [0.717, 1.165) is 16.4 Å². The van der Waals surface area contributed by atoms with Gasteiger partial charge in [0.25, 0.3) is 18.2 Å².